The van der Waals surface area contributed by atoms with Gasteiger partial charge in [-0.1, -0.05) is 0 Å². The summed E-state index contributed by atoms with van der Waals surface area (Å²) < 4.78 is 11.1. The zero-order chi connectivity index (χ0) is 33.0. The third kappa shape index (κ3) is 12.3. The van der Waals surface area contributed by atoms with Crippen LogP contribution < -0.4 is 26.1 Å². The van der Waals surface area contributed by atoms with Gasteiger partial charge in [0.1, 0.15) is 0 Å². The van der Waals surface area contributed by atoms with Crippen molar-refractivity contribution in [2.45, 2.75) is 150 Å². The first-order valence-electron chi connectivity index (χ1n) is 19.0. The minimum atomic E-state index is -1.79. The van der Waals surface area contributed by atoms with E-state index in [1.807, 2.05) is 26.1 Å². The predicted molar refractivity (Wildman–Crippen MR) is 218 cm³/mol. The van der Waals surface area contributed by atoms with Gasteiger partial charge in [-0.25, -0.2) is 0 Å². The van der Waals surface area contributed by atoms with E-state index in [9.17, 15) is 0 Å². The van der Waals surface area contributed by atoms with Gasteiger partial charge in [0, 0.05) is 0 Å². The molecule has 0 saturated carbocycles. The Balaban J connectivity index is 2.34. The van der Waals surface area contributed by atoms with E-state index < -0.39 is 58.6 Å². The topological polar surface area (TPSA) is 0 Å². The maximum atomic E-state index is 2.66. The van der Waals surface area contributed by atoms with E-state index in [1.165, 1.54) is 108 Å². The molecule has 3 rings (SSSR count). The number of hydrogen-bond donors (Lipinski definition) is 0. The molecule has 0 N–H and O–H groups in total. The Morgan fingerprint density at radius 2 is 0.500 bits per heavy atom. The summed E-state index contributed by atoms with van der Waals surface area (Å²) in [4.78, 5) is 0. The van der Waals surface area contributed by atoms with Crippen LogP contribution in [0, 0.1) is 0 Å². The van der Waals surface area contributed by atoms with Crippen molar-refractivity contribution in [2.24, 2.45) is 0 Å². The second-order valence-electron chi connectivity index (χ2n) is 12.9. The van der Waals surface area contributed by atoms with Crippen LogP contribution in [0.3, 0.4) is 0 Å². The van der Waals surface area contributed by atoms with E-state index in [4.69, 9.17) is 0 Å². The van der Waals surface area contributed by atoms with Crippen LogP contribution in [0.15, 0.2) is 72.8 Å². The summed E-state index contributed by atoms with van der Waals surface area (Å²) in [5.41, 5.74) is 0. The number of unbranched alkanes of at least 4 members (excludes halogenated alkanes) is 6. The second kappa shape index (κ2) is 24.1. The summed E-state index contributed by atoms with van der Waals surface area (Å²) in [7, 11) is 0. The van der Waals surface area contributed by atoms with Gasteiger partial charge in [0.15, 0.2) is 0 Å². The standard InChI is InChI=1S/C42H66As4/c1-7-13-31-43(32-14-8-2)37-25-19-22-28-40(37)46(41-29-23-20-26-38(41)44(33-15-9-3)34-16-10-4)42-30-24-21-27-39(42)45(35-17-11-5)36-18-12-6/h19-30H,7-18,31-36H2,1-6H3. The monoisotopic (exact) mass is 870 g/mol. The van der Waals surface area contributed by atoms with Crippen molar-refractivity contribution in [3.05, 3.63) is 72.8 Å². The van der Waals surface area contributed by atoms with Crippen molar-refractivity contribution in [1.29, 1.82) is 0 Å². The van der Waals surface area contributed by atoms with Crippen LogP contribution in [0.1, 0.15) is 119 Å². The molecular weight excluding hydrogens is 804 g/mol. The summed E-state index contributed by atoms with van der Waals surface area (Å²) in [5, 5.41) is 8.93. The van der Waals surface area contributed by atoms with Crippen molar-refractivity contribution in [3.63, 3.8) is 0 Å². The molecule has 0 amide bonds. The third-order valence-corrected chi connectivity index (χ3v) is 34.6. The molecule has 3 aromatic carbocycles. The average Bonchev–Trinajstić information content (AvgIpc) is 3.10. The van der Waals surface area contributed by atoms with Crippen LogP contribution >= 0.6 is 0 Å². The molecule has 0 aromatic heterocycles. The van der Waals surface area contributed by atoms with Gasteiger partial charge in [0.2, 0.25) is 0 Å². The van der Waals surface area contributed by atoms with E-state index >= 15 is 0 Å². The summed E-state index contributed by atoms with van der Waals surface area (Å²) in [5.74, 6) is 0. The van der Waals surface area contributed by atoms with Crippen LogP contribution in [0.25, 0.3) is 0 Å². The van der Waals surface area contributed by atoms with E-state index in [2.05, 4.69) is 114 Å². The summed E-state index contributed by atoms with van der Waals surface area (Å²) in [6, 6.07) is 30.4. The van der Waals surface area contributed by atoms with Gasteiger partial charge in [0.05, 0.1) is 0 Å². The Morgan fingerprint density at radius 3 is 0.696 bits per heavy atom. The van der Waals surface area contributed by atoms with Crippen molar-refractivity contribution in [2.75, 3.05) is 0 Å². The fourth-order valence-electron chi connectivity index (χ4n) is 6.30. The minimum absolute atomic E-state index is 1.15. The van der Waals surface area contributed by atoms with Gasteiger partial charge in [-0.3, -0.25) is 0 Å². The number of rotatable bonds is 24. The van der Waals surface area contributed by atoms with E-state index in [-0.39, 0.29) is 0 Å². The fourth-order valence-corrected chi connectivity index (χ4v) is 36.8. The van der Waals surface area contributed by atoms with Crippen LogP contribution in [0.4, 0.5) is 0 Å². The Hall–Kier alpha value is -0.106. The molecule has 0 saturated heterocycles. The summed E-state index contributed by atoms with van der Waals surface area (Å²) in [6.45, 7) is 14.4. The molecule has 46 heavy (non-hydrogen) atoms. The Kier molecular flexibility index (Phi) is 21.1. The molecule has 0 nitrogen and oxygen atoms in total. The fraction of sp³-hybridized carbons (Fsp3) is 0.571. The maximum absolute atomic E-state index is 2.66. The van der Waals surface area contributed by atoms with E-state index in [1.54, 1.807) is 0 Å². The van der Waals surface area contributed by atoms with E-state index in [0.29, 0.717) is 0 Å². The van der Waals surface area contributed by atoms with Gasteiger partial charge in [-0.2, -0.15) is 0 Å². The second-order valence-corrected chi connectivity index (χ2v) is 32.8. The first-order chi connectivity index (χ1) is 22.6. The summed E-state index contributed by atoms with van der Waals surface area (Å²) in [6.07, 6.45) is 16.4. The number of hydrogen-bond acceptors (Lipinski definition) is 0. The van der Waals surface area contributed by atoms with Gasteiger partial charge < -0.3 is 0 Å². The molecule has 0 heterocycles. The zero-order valence-corrected chi connectivity index (χ0v) is 38.0. The third-order valence-electron chi connectivity index (χ3n) is 9.08. The molecule has 0 atom stereocenters. The predicted octanol–water partition coefficient (Wildman–Crippen LogP) is 9.11. The first-order valence-corrected chi connectivity index (χ1v) is 32.6. The van der Waals surface area contributed by atoms with Gasteiger partial charge in [-0.15, -0.1) is 0 Å². The van der Waals surface area contributed by atoms with Crippen LogP contribution in [-0.4, -0.2) is 58.6 Å². The summed E-state index contributed by atoms with van der Waals surface area (Å²) >= 11 is -5.25. The van der Waals surface area contributed by atoms with Crippen LogP contribution in [-0.2, 0) is 0 Å². The van der Waals surface area contributed by atoms with Gasteiger partial charge >= 0.3 is 307 Å². The van der Waals surface area contributed by atoms with Gasteiger partial charge in [0.25, 0.3) is 0 Å². The van der Waals surface area contributed by atoms with Crippen molar-refractivity contribution >= 4 is 84.7 Å². The SMILES string of the molecule is CCCC[As](CCCC)c1ccccc1[As](c1ccccc1[As](CCCC)CCCC)c1ccccc1[As](CCCC)CCCC. The van der Waals surface area contributed by atoms with Gasteiger partial charge in [-0.05, 0) is 0 Å². The first kappa shape index (κ1) is 40.3. The van der Waals surface area contributed by atoms with E-state index in [0.717, 1.165) is 0 Å². The molecule has 0 aliphatic carbocycles. The average molecular weight is 871 g/mol. The molecule has 254 valence electrons. The molecule has 0 aliphatic heterocycles. The van der Waals surface area contributed by atoms with Crippen molar-refractivity contribution in [1.82, 2.24) is 0 Å². The Labute approximate surface area is 304 Å². The van der Waals surface area contributed by atoms with Crippen LogP contribution in [0.2, 0.25) is 31.3 Å². The molecule has 0 aliphatic rings. The van der Waals surface area contributed by atoms with Crippen LogP contribution in [0.5, 0.6) is 0 Å². The quantitative estimate of drug-likeness (QED) is 0.0789. The van der Waals surface area contributed by atoms with Crippen molar-refractivity contribution < 1.29 is 0 Å². The molecule has 3 aromatic rings. The molecular formula is C42H66As4. The molecule has 0 bridgehead atoms. The Morgan fingerprint density at radius 1 is 0.304 bits per heavy atom. The molecule has 0 spiro atoms. The normalized spacial score (nSPS) is 11.9. The molecule has 0 radical (unpaired) electrons. The molecule has 0 unspecified atom stereocenters. The zero-order valence-electron chi connectivity index (χ0n) is 30.4. The van der Waals surface area contributed by atoms with Crippen molar-refractivity contribution in [3.8, 4) is 0 Å². The number of benzene rings is 3. The molecule has 4 heteroatoms. The molecule has 0 fully saturated rings. The Bertz CT molecular complexity index is 1050.